The van der Waals surface area contributed by atoms with Crippen LogP contribution in [0.5, 0.6) is 0 Å². The number of hydrazine groups is 1. The number of unbranched alkanes of at least 4 members (excludes halogenated alkanes) is 1. The third-order valence-electron chi connectivity index (χ3n) is 3.04. The molecule has 0 heterocycles. The Labute approximate surface area is 98.5 Å². The van der Waals surface area contributed by atoms with Gasteiger partial charge in [-0.05, 0) is 51.1 Å². The van der Waals surface area contributed by atoms with Crippen LogP contribution in [0.4, 0.5) is 0 Å². The lowest BCUT2D eigenvalue weighted by atomic mass is 10.2. The maximum Gasteiger partial charge on any atom is 0.233 e. The lowest BCUT2D eigenvalue weighted by Crippen LogP contribution is -2.30. The molecular formula is C12H25N3O. The van der Waals surface area contributed by atoms with Crippen molar-refractivity contribution in [3.63, 3.8) is 0 Å². The summed E-state index contributed by atoms with van der Waals surface area (Å²) in [6, 6.07) is 0. The van der Waals surface area contributed by atoms with E-state index in [-0.39, 0.29) is 5.91 Å². The molecular weight excluding hydrogens is 202 g/mol. The highest BCUT2D eigenvalue weighted by Gasteiger charge is 2.23. The van der Waals surface area contributed by atoms with Gasteiger partial charge >= 0.3 is 0 Å². The standard InChI is InChI=1S/C12H25N3O/c1-2-8-15(10-11-6-7-11)9-4-3-5-12(16)14-13/h11H,2-10,13H2,1H3,(H,14,16). The van der Waals surface area contributed by atoms with Crippen LogP contribution >= 0.6 is 0 Å². The van der Waals surface area contributed by atoms with Crippen molar-refractivity contribution >= 4 is 5.91 Å². The van der Waals surface area contributed by atoms with E-state index in [0.29, 0.717) is 6.42 Å². The Morgan fingerprint density at radius 2 is 2.12 bits per heavy atom. The van der Waals surface area contributed by atoms with Crippen molar-refractivity contribution in [2.75, 3.05) is 19.6 Å². The number of amides is 1. The molecule has 1 aliphatic carbocycles. The number of hydrogen-bond acceptors (Lipinski definition) is 3. The zero-order chi connectivity index (χ0) is 11.8. The van der Waals surface area contributed by atoms with Crippen LogP contribution in [0, 0.1) is 5.92 Å². The van der Waals surface area contributed by atoms with Gasteiger partial charge in [0, 0.05) is 13.0 Å². The van der Waals surface area contributed by atoms with Crippen LogP contribution in [0.1, 0.15) is 45.4 Å². The Bertz CT molecular complexity index is 204. The fraction of sp³-hybridized carbons (Fsp3) is 0.917. The molecule has 0 atom stereocenters. The van der Waals surface area contributed by atoms with E-state index in [9.17, 15) is 4.79 Å². The maximum atomic E-state index is 10.9. The number of carbonyl (C=O) groups excluding carboxylic acids is 1. The lowest BCUT2D eigenvalue weighted by Gasteiger charge is -2.21. The zero-order valence-corrected chi connectivity index (χ0v) is 10.4. The number of nitrogens with one attached hydrogen (secondary N) is 1. The van der Waals surface area contributed by atoms with Gasteiger partial charge in [0.2, 0.25) is 5.91 Å². The largest absolute Gasteiger partial charge is 0.303 e. The Kier molecular flexibility index (Phi) is 6.42. The van der Waals surface area contributed by atoms with Gasteiger partial charge in [-0.1, -0.05) is 6.92 Å². The molecule has 4 nitrogen and oxygen atoms in total. The summed E-state index contributed by atoms with van der Waals surface area (Å²) in [4.78, 5) is 13.5. The molecule has 0 aromatic heterocycles. The smallest absolute Gasteiger partial charge is 0.233 e. The minimum atomic E-state index is -0.0516. The van der Waals surface area contributed by atoms with Gasteiger partial charge in [-0.3, -0.25) is 10.2 Å². The van der Waals surface area contributed by atoms with E-state index >= 15 is 0 Å². The molecule has 94 valence electrons. The number of rotatable bonds is 9. The van der Waals surface area contributed by atoms with Crippen LogP contribution in [0.2, 0.25) is 0 Å². The van der Waals surface area contributed by atoms with Crippen LogP contribution < -0.4 is 11.3 Å². The first-order valence-corrected chi connectivity index (χ1v) is 6.48. The molecule has 1 rings (SSSR count). The molecule has 0 radical (unpaired) electrons. The van der Waals surface area contributed by atoms with Gasteiger partial charge in [0.15, 0.2) is 0 Å². The van der Waals surface area contributed by atoms with Gasteiger partial charge in [-0.25, -0.2) is 5.84 Å². The first kappa shape index (κ1) is 13.5. The summed E-state index contributed by atoms with van der Waals surface area (Å²) >= 11 is 0. The average molecular weight is 227 g/mol. The summed E-state index contributed by atoms with van der Waals surface area (Å²) < 4.78 is 0. The second-order valence-corrected chi connectivity index (χ2v) is 4.77. The quantitative estimate of drug-likeness (QED) is 0.270. The molecule has 0 saturated heterocycles. The molecule has 0 aliphatic heterocycles. The highest BCUT2D eigenvalue weighted by molar-refractivity contribution is 5.75. The second-order valence-electron chi connectivity index (χ2n) is 4.77. The third-order valence-corrected chi connectivity index (χ3v) is 3.04. The molecule has 0 aromatic rings. The minimum Gasteiger partial charge on any atom is -0.303 e. The second kappa shape index (κ2) is 7.63. The topological polar surface area (TPSA) is 58.4 Å². The van der Waals surface area contributed by atoms with E-state index in [0.717, 1.165) is 25.3 Å². The van der Waals surface area contributed by atoms with E-state index < -0.39 is 0 Å². The third kappa shape index (κ3) is 6.08. The van der Waals surface area contributed by atoms with E-state index in [4.69, 9.17) is 5.84 Å². The van der Waals surface area contributed by atoms with Crippen LogP contribution in [-0.2, 0) is 4.79 Å². The van der Waals surface area contributed by atoms with E-state index in [1.54, 1.807) is 0 Å². The Hall–Kier alpha value is -0.610. The Morgan fingerprint density at radius 3 is 2.69 bits per heavy atom. The molecule has 1 aliphatic rings. The normalized spacial score (nSPS) is 15.4. The average Bonchev–Trinajstić information content (AvgIpc) is 3.08. The SMILES string of the molecule is CCCN(CCCCC(=O)NN)CC1CC1. The van der Waals surface area contributed by atoms with Gasteiger partial charge in [-0.15, -0.1) is 0 Å². The first-order valence-electron chi connectivity index (χ1n) is 6.48. The number of carbonyl (C=O) groups is 1. The maximum absolute atomic E-state index is 10.9. The lowest BCUT2D eigenvalue weighted by molar-refractivity contribution is -0.121. The van der Waals surface area contributed by atoms with Gasteiger partial charge in [0.1, 0.15) is 0 Å². The molecule has 0 unspecified atom stereocenters. The summed E-state index contributed by atoms with van der Waals surface area (Å²) in [5.74, 6) is 5.93. The molecule has 0 spiro atoms. The monoisotopic (exact) mass is 227 g/mol. The summed E-state index contributed by atoms with van der Waals surface area (Å²) in [5.41, 5.74) is 2.17. The van der Waals surface area contributed by atoms with Crippen LogP contribution in [0.25, 0.3) is 0 Å². The zero-order valence-electron chi connectivity index (χ0n) is 10.4. The van der Waals surface area contributed by atoms with Crippen molar-refractivity contribution in [2.45, 2.75) is 45.4 Å². The molecule has 3 N–H and O–H groups in total. The van der Waals surface area contributed by atoms with E-state index in [1.165, 1.54) is 32.4 Å². The predicted molar refractivity (Wildman–Crippen MR) is 65.6 cm³/mol. The number of nitrogens with zero attached hydrogens (tertiary/aromatic N) is 1. The molecule has 4 heteroatoms. The molecule has 0 aromatic carbocycles. The number of hydrogen-bond donors (Lipinski definition) is 2. The highest BCUT2D eigenvalue weighted by Crippen LogP contribution is 2.29. The van der Waals surface area contributed by atoms with Gasteiger partial charge < -0.3 is 4.90 Å². The molecule has 1 saturated carbocycles. The van der Waals surface area contributed by atoms with Gasteiger partial charge in [0.25, 0.3) is 0 Å². The predicted octanol–water partition coefficient (Wildman–Crippen LogP) is 1.27. The first-order chi connectivity index (χ1) is 7.76. The summed E-state index contributed by atoms with van der Waals surface area (Å²) in [6.45, 7) is 5.81. The molecule has 0 bridgehead atoms. The molecule has 16 heavy (non-hydrogen) atoms. The number of nitrogens with two attached hydrogens (primary N) is 1. The van der Waals surface area contributed by atoms with Crippen molar-refractivity contribution in [3.8, 4) is 0 Å². The van der Waals surface area contributed by atoms with Crippen molar-refractivity contribution in [1.82, 2.24) is 10.3 Å². The van der Waals surface area contributed by atoms with Crippen LogP contribution in [-0.4, -0.2) is 30.4 Å². The van der Waals surface area contributed by atoms with E-state index in [2.05, 4.69) is 17.2 Å². The molecule has 1 fully saturated rings. The molecule has 1 amide bonds. The van der Waals surface area contributed by atoms with Crippen molar-refractivity contribution in [3.05, 3.63) is 0 Å². The summed E-state index contributed by atoms with van der Waals surface area (Å²) in [7, 11) is 0. The van der Waals surface area contributed by atoms with E-state index in [1.807, 2.05) is 0 Å². The Balaban J connectivity index is 2.04. The van der Waals surface area contributed by atoms with Crippen molar-refractivity contribution in [2.24, 2.45) is 11.8 Å². The minimum absolute atomic E-state index is 0.0516. The van der Waals surface area contributed by atoms with Crippen molar-refractivity contribution in [1.29, 1.82) is 0 Å². The van der Waals surface area contributed by atoms with Crippen LogP contribution in [0.15, 0.2) is 0 Å². The fourth-order valence-corrected chi connectivity index (χ4v) is 1.97. The highest BCUT2D eigenvalue weighted by atomic mass is 16.2. The summed E-state index contributed by atoms with van der Waals surface area (Å²) in [5, 5.41) is 0. The fourth-order valence-electron chi connectivity index (χ4n) is 1.97. The summed E-state index contributed by atoms with van der Waals surface area (Å²) in [6.07, 6.45) is 6.63. The van der Waals surface area contributed by atoms with Crippen molar-refractivity contribution < 1.29 is 4.79 Å². The Morgan fingerprint density at radius 1 is 1.38 bits per heavy atom. The van der Waals surface area contributed by atoms with Gasteiger partial charge in [0.05, 0.1) is 0 Å². The van der Waals surface area contributed by atoms with Gasteiger partial charge in [-0.2, -0.15) is 0 Å². The van der Waals surface area contributed by atoms with Crippen LogP contribution in [0.3, 0.4) is 0 Å².